The SMILES string of the molecule is CC(C)Cc1nc(N)c2ccccn12. The first-order chi connectivity index (χ1) is 6.68. The molecule has 14 heavy (non-hydrogen) atoms. The lowest BCUT2D eigenvalue weighted by molar-refractivity contribution is 0.619. The van der Waals surface area contributed by atoms with Crippen LogP contribution >= 0.6 is 0 Å². The molecule has 0 aliphatic heterocycles. The molecular weight excluding hydrogens is 174 g/mol. The van der Waals surface area contributed by atoms with Crippen molar-refractivity contribution in [1.29, 1.82) is 0 Å². The molecule has 0 unspecified atom stereocenters. The summed E-state index contributed by atoms with van der Waals surface area (Å²) in [5, 5.41) is 0. The maximum Gasteiger partial charge on any atom is 0.149 e. The Bertz CT molecular complexity index is 443. The Morgan fingerprint density at radius 1 is 1.43 bits per heavy atom. The number of fused-ring (bicyclic) bond motifs is 1. The predicted octanol–water partition coefficient (Wildman–Crippen LogP) is 2.11. The van der Waals surface area contributed by atoms with Crippen molar-refractivity contribution in [2.24, 2.45) is 5.92 Å². The van der Waals surface area contributed by atoms with Crippen molar-refractivity contribution in [3.05, 3.63) is 30.2 Å². The molecular formula is C11H15N3. The number of nitrogens with zero attached hydrogens (tertiary/aromatic N) is 2. The Morgan fingerprint density at radius 3 is 2.93 bits per heavy atom. The fraction of sp³-hybridized carbons (Fsp3) is 0.364. The zero-order chi connectivity index (χ0) is 10.1. The Labute approximate surface area is 83.6 Å². The number of nitrogens with two attached hydrogens (primary N) is 1. The van der Waals surface area contributed by atoms with Gasteiger partial charge in [-0.05, 0) is 18.1 Å². The molecule has 3 heteroatoms. The van der Waals surface area contributed by atoms with Crippen molar-refractivity contribution in [2.75, 3.05) is 5.73 Å². The highest BCUT2D eigenvalue weighted by molar-refractivity contribution is 5.66. The molecule has 0 amide bonds. The van der Waals surface area contributed by atoms with Crippen LogP contribution in [0.3, 0.4) is 0 Å². The summed E-state index contributed by atoms with van der Waals surface area (Å²) in [6, 6.07) is 5.97. The summed E-state index contributed by atoms with van der Waals surface area (Å²) in [6.45, 7) is 4.36. The predicted molar refractivity (Wildman–Crippen MR) is 58.1 cm³/mol. The monoisotopic (exact) mass is 189 g/mol. The molecule has 2 rings (SSSR count). The van der Waals surface area contributed by atoms with E-state index in [9.17, 15) is 0 Å². The Hall–Kier alpha value is -1.51. The average molecular weight is 189 g/mol. The smallest absolute Gasteiger partial charge is 0.149 e. The van der Waals surface area contributed by atoms with E-state index < -0.39 is 0 Å². The second kappa shape index (κ2) is 3.33. The fourth-order valence-corrected chi connectivity index (χ4v) is 1.64. The largest absolute Gasteiger partial charge is 0.382 e. The summed E-state index contributed by atoms with van der Waals surface area (Å²) in [5.74, 6) is 2.27. The maximum atomic E-state index is 5.82. The number of nitrogen functional groups attached to an aromatic ring is 1. The molecule has 0 radical (unpaired) electrons. The van der Waals surface area contributed by atoms with Gasteiger partial charge in [0.1, 0.15) is 11.6 Å². The Morgan fingerprint density at radius 2 is 2.21 bits per heavy atom. The van der Waals surface area contributed by atoms with E-state index >= 15 is 0 Å². The molecule has 2 heterocycles. The highest BCUT2D eigenvalue weighted by Gasteiger charge is 2.08. The summed E-state index contributed by atoms with van der Waals surface area (Å²) in [5.41, 5.74) is 6.82. The van der Waals surface area contributed by atoms with Gasteiger partial charge >= 0.3 is 0 Å². The maximum absolute atomic E-state index is 5.82. The normalized spacial score (nSPS) is 11.4. The van der Waals surface area contributed by atoms with Crippen molar-refractivity contribution in [3.63, 3.8) is 0 Å². The highest BCUT2D eigenvalue weighted by Crippen LogP contribution is 2.16. The van der Waals surface area contributed by atoms with Gasteiger partial charge in [0, 0.05) is 12.6 Å². The first-order valence-electron chi connectivity index (χ1n) is 4.90. The van der Waals surface area contributed by atoms with Gasteiger partial charge in [-0.15, -0.1) is 0 Å². The fourth-order valence-electron chi connectivity index (χ4n) is 1.64. The number of rotatable bonds is 2. The van der Waals surface area contributed by atoms with E-state index in [1.807, 2.05) is 24.4 Å². The zero-order valence-electron chi connectivity index (χ0n) is 8.57. The lowest BCUT2D eigenvalue weighted by Gasteiger charge is -2.02. The molecule has 2 N–H and O–H groups in total. The van der Waals surface area contributed by atoms with Crippen LogP contribution in [0.5, 0.6) is 0 Å². The minimum absolute atomic E-state index is 0.597. The molecule has 0 spiro atoms. The van der Waals surface area contributed by atoms with E-state index in [2.05, 4.69) is 23.2 Å². The first kappa shape index (κ1) is 9.06. The van der Waals surface area contributed by atoms with Gasteiger partial charge in [-0.2, -0.15) is 0 Å². The number of aromatic nitrogens is 2. The average Bonchev–Trinajstić information content (AvgIpc) is 2.44. The number of anilines is 1. The summed E-state index contributed by atoms with van der Waals surface area (Å²) in [7, 11) is 0. The van der Waals surface area contributed by atoms with E-state index in [1.165, 1.54) is 0 Å². The summed E-state index contributed by atoms with van der Waals surface area (Å²) >= 11 is 0. The van der Waals surface area contributed by atoms with Gasteiger partial charge in [0.25, 0.3) is 0 Å². The van der Waals surface area contributed by atoms with Gasteiger partial charge in [-0.25, -0.2) is 4.98 Å². The van der Waals surface area contributed by atoms with Crippen molar-refractivity contribution in [3.8, 4) is 0 Å². The Balaban J connectivity index is 2.55. The van der Waals surface area contributed by atoms with E-state index in [0.29, 0.717) is 11.7 Å². The van der Waals surface area contributed by atoms with E-state index in [-0.39, 0.29) is 0 Å². The van der Waals surface area contributed by atoms with Crippen LogP contribution in [0.1, 0.15) is 19.7 Å². The van der Waals surface area contributed by atoms with Gasteiger partial charge in [-0.3, -0.25) is 0 Å². The molecule has 0 fully saturated rings. The highest BCUT2D eigenvalue weighted by atomic mass is 15.1. The number of hydrogen-bond acceptors (Lipinski definition) is 2. The van der Waals surface area contributed by atoms with Gasteiger partial charge in [0.2, 0.25) is 0 Å². The van der Waals surface area contributed by atoms with Gasteiger partial charge in [-0.1, -0.05) is 19.9 Å². The zero-order valence-corrected chi connectivity index (χ0v) is 8.57. The van der Waals surface area contributed by atoms with Crippen LogP contribution in [0.25, 0.3) is 5.52 Å². The van der Waals surface area contributed by atoms with Gasteiger partial charge in [0.15, 0.2) is 0 Å². The van der Waals surface area contributed by atoms with Crippen LogP contribution in [0.15, 0.2) is 24.4 Å². The third-order valence-electron chi connectivity index (χ3n) is 2.24. The summed E-state index contributed by atoms with van der Waals surface area (Å²) < 4.78 is 2.06. The molecule has 74 valence electrons. The van der Waals surface area contributed by atoms with Gasteiger partial charge < -0.3 is 10.1 Å². The van der Waals surface area contributed by atoms with Crippen LogP contribution < -0.4 is 5.73 Å². The summed E-state index contributed by atoms with van der Waals surface area (Å²) in [4.78, 5) is 4.37. The van der Waals surface area contributed by atoms with Crippen molar-refractivity contribution in [1.82, 2.24) is 9.38 Å². The van der Waals surface area contributed by atoms with Crippen LogP contribution in [-0.4, -0.2) is 9.38 Å². The van der Waals surface area contributed by atoms with E-state index in [1.54, 1.807) is 0 Å². The lowest BCUT2D eigenvalue weighted by Crippen LogP contribution is -1.99. The molecule has 3 nitrogen and oxygen atoms in total. The first-order valence-corrected chi connectivity index (χ1v) is 4.90. The quantitative estimate of drug-likeness (QED) is 0.786. The van der Waals surface area contributed by atoms with Crippen LogP contribution in [-0.2, 0) is 6.42 Å². The summed E-state index contributed by atoms with van der Waals surface area (Å²) in [6.07, 6.45) is 2.97. The van der Waals surface area contributed by atoms with Crippen LogP contribution in [0, 0.1) is 5.92 Å². The van der Waals surface area contributed by atoms with Crippen LogP contribution in [0.2, 0.25) is 0 Å². The van der Waals surface area contributed by atoms with Crippen LogP contribution in [0.4, 0.5) is 5.82 Å². The topological polar surface area (TPSA) is 43.3 Å². The molecule has 0 saturated heterocycles. The molecule has 0 aliphatic carbocycles. The standard InChI is InChI=1S/C11H15N3/c1-8(2)7-10-13-11(12)9-5-3-4-6-14(9)10/h3-6,8H,7,12H2,1-2H3. The molecule has 0 atom stereocenters. The van der Waals surface area contributed by atoms with Gasteiger partial charge in [0.05, 0.1) is 5.52 Å². The second-order valence-electron chi connectivity index (χ2n) is 3.97. The van der Waals surface area contributed by atoms with Crippen molar-refractivity contribution in [2.45, 2.75) is 20.3 Å². The second-order valence-corrected chi connectivity index (χ2v) is 3.97. The number of hydrogen-bond donors (Lipinski definition) is 1. The molecule has 0 aromatic carbocycles. The molecule has 0 bridgehead atoms. The van der Waals surface area contributed by atoms with E-state index in [4.69, 9.17) is 5.73 Å². The minimum atomic E-state index is 0.597. The van der Waals surface area contributed by atoms with Crippen molar-refractivity contribution >= 4 is 11.3 Å². The van der Waals surface area contributed by atoms with Crippen molar-refractivity contribution < 1.29 is 0 Å². The lowest BCUT2D eigenvalue weighted by atomic mass is 10.1. The number of imidazole rings is 1. The molecule has 2 aromatic heterocycles. The number of pyridine rings is 1. The van der Waals surface area contributed by atoms with E-state index in [0.717, 1.165) is 17.8 Å². The molecule has 2 aromatic rings. The third kappa shape index (κ3) is 1.45. The third-order valence-corrected chi connectivity index (χ3v) is 2.24. The Kier molecular flexibility index (Phi) is 2.15. The molecule has 0 saturated carbocycles. The molecule has 0 aliphatic rings. The minimum Gasteiger partial charge on any atom is -0.382 e.